The molecule has 72 valence electrons. The zero-order chi connectivity index (χ0) is 8.97. The van der Waals surface area contributed by atoms with Gasteiger partial charge in [-0.15, -0.1) is 0 Å². The van der Waals surface area contributed by atoms with Crippen molar-refractivity contribution in [3.8, 4) is 0 Å². The molecule has 0 saturated carbocycles. The Labute approximate surface area is 74.5 Å². The summed E-state index contributed by atoms with van der Waals surface area (Å²) in [7, 11) is 0. The molecule has 1 heterocycles. The van der Waals surface area contributed by atoms with Crippen molar-refractivity contribution < 1.29 is 5.11 Å². The monoisotopic (exact) mass is 172 g/mol. The minimum Gasteiger partial charge on any atom is -0.392 e. The van der Waals surface area contributed by atoms with Crippen molar-refractivity contribution >= 4 is 0 Å². The second-order valence-electron chi connectivity index (χ2n) is 3.72. The number of nitrogens with zero attached hydrogens (tertiary/aromatic N) is 1. The molecule has 0 aliphatic carbocycles. The van der Waals surface area contributed by atoms with Gasteiger partial charge in [0.1, 0.15) is 0 Å². The van der Waals surface area contributed by atoms with Crippen LogP contribution in [0.3, 0.4) is 0 Å². The second kappa shape index (κ2) is 4.80. The Bertz CT molecular complexity index is 130. The molecular formula is C9H20N2O. The van der Waals surface area contributed by atoms with E-state index >= 15 is 0 Å². The number of aliphatic hydroxyl groups excluding tert-OH is 1. The Morgan fingerprint density at radius 3 is 3.00 bits per heavy atom. The van der Waals surface area contributed by atoms with Crippen molar-refractivity contribution in [1.29, 1.82) is 0 Å². The summed E-state index contributed by atoms with van der Waals surface area (Å²) in [5, 5.41) is 9.41. The van der Waals surface area contributed by atoms with Gasteiger partial charge in [0.2, 0.25) is 0 Å². The van der Waals surface area contributed by atoms with E-state index in [-0.39, 0.29) is 6.10 Å². The fourth-order valence-electron chi connectivity index (χ4n) is 1.68. The fourth-order valence-corrected chi connectivity index (χ4v) is 1.68. The van der Waals surface area contributed by atoms with Gasteiger partial charge in [0.25, 0.3) is 0 Å². The van der Waals surface area contributed by atoms with Crippen molar-refractivity contribution in [3.05, 3.63) is 0 Å². The number of hydrogen-bond donors (Lipinski definition) is 2. The highest BCUT2D eigenvalue weighted by atomic mass is 16.3. The second-order valence-corrected chi connectivity index (χ2v) is 3.72. The van der Waals surface area contributed by atoms with E-state index in [2.05, 4.69) is 4.90 Å². The van der Waals surface area contributed by atoms with Gasteiger partial charge in [-0.05, 0) is 25.8 Å². The third kappa shape index (κ3) is 3.09. The topological polar surface area (TPSA) is 49.5 Å². The van der Waals surface area contributed by atoms with Gasteiger partial charge in [-0.1, -0.05) is 6.92 Å². The Kier molecular flexibility index (Phi) is 3.98. The third-order valence-corrected chi connectivity index (χ3v) is 2.48. The average Bonchev–Trinajstić information content (AvgIpc) is 2.04. The molecule has 0 aromatic heterocycles. The van der Waals surface area contributed by atoms with Gasteiger partial charge in [-0.3, -0.25) is 4.90 Å². The maximum absolute atomic E-state index is 9.41. The Hall–Kier alpha value is -0.120. The molecule has 0 spiro atoms. The first-order chi connectivity index (χ1) is 5.72. The average molecular weight is 172 g/mol. The number of piperidine rings is 1. The van der Waals surface area contributed by atoms with Crippen molar-refractivity contribution in [2.45, 2.75) is 38.3 Å². The molecule has 1 unspecified atom stereocenters. The minimum absolute atomic E-state index is 0.171. The van der Waals surface area contributed by atoms with E-state index in [0.717, 1.165) is 32.5 Å². The molecule has 3 N–H and O–H groups in total. The number of β-amino-alcohol motifs (C(OH)–C–C–N with tert-alkyl or cyclic N) is 1. The molecule has 1 aliphatic rings. The minimum atomic E-state index is -0.171. The van der Waals surface area contributed by atoms with Crippen LogP contribution in [-0.4, -0.2) is 41.8 Å². The van der Waals surface area contributed by atoms with E-state index in [1.165, 1.54) is 6.42 Å². The Morgan fingerprint density at radius 1 is 1.67 bits per heavy atom. The molecule has 0 aromatic rings. The summed E-state index contributed by atoms with van der Waals surface area (Å²) >= 11 is 0. The lowest BCUT2D eigenvalue weighted by atomic mass is 10.1. The van der Waals surface area contributed by atoms with Crippen LogP contribution in [0.15, 0.2) is 0 Å². The fraction of sp³-hybridized carbons (Fsp3) is 1.00. The van der Waals surface area contributed by atoms with Crippen LogP contribution in [0.2, 0.25) is 0 Å². The third-order valence-electron chi connectivity index (χ3n) is 2.48. The summed E-state index contributed by atoms with van der Waals surface area (Å²) in [6.07, 6.45) is 2.98. The lowest BCUT2D eigenvalue weighted by Crippen LogP contribution is -2.45. The molecule has 0 aromatic carbocycles. The molecule has 3 heteroatoms. The van der Waals surface area contributed by atoms with Gasteiger partial charge in [0.05, 0.1) is 6.10 Å². The molecule has 1 rings (SSSR count). The van der Waals surface area contributed by atoms with E-state index in [1.807, 2.05) is 6.92 Å². The Morgan fingerprint density at radius 2 is 2.42 bits per heavy atom. The lowest BCUT2D eigenvalue weighted by Gasteiger charge is -2.31. The number of nitrogens with two attached hydrogens (primary N) is 1. The highest BCUT2D eigenvalue weighted by molar-refractivity contribution is 4.76. The van der Waals surface area contributed by atoms with E-state index in [0.29, 0.717) is 6.04 Å². The van der Waals surface area contributed by atoms with Crippen LogP contribution >= 0.6 is 0 Å². The van der Waals surface area contributed by atoms with Crippen molar-refractivity contribution in [2.75, 3.05) is 19.6 Å². The maximum Gasteiger partial charge on any atom is 0.0664 e. The highest BCUT2D eigenvalue weighted by Crippen LogP contribution is 2.08. The standard InChI is InChI=1S/C9H20N2O/c1-2-9(12)7-11-5-3-4-8(10)6-11/h8-9,12H,2-7,10H2,1H3/t8?,9-/m1/s1. The molecule has 1 aliphatic heterocycles. The normalized spacial score (nSPS) is 28.8. The smallest absolute Gasteiger partial charge is 0.0664 e. The SMILES string of the molecule is CC[C@@H](O)CN1CCCC(N)C1. The zero-order valence-corrected chi connectivity index (χ0v) is 7.87. The van der Waals surface area contributed by atoms with E-state index in [1.54, 1.807) is 0 Å². The summed E-state index contributed by atoms with van der Waals surface area (Å²) in [6, 6.07) is 0.322. The van der Waals surface area contributed by atoms with Gasteiger partial charge < -0.3 is 10.8 Å². The summed E-state index contributed by atoms with van der Waals surface area (Å²) < 4.78 is 0. The molecule has 3 nitrogen and oxygen atoms in total. The number of hydrogen-bond acceptors (Lipinski definition) is 3. The lowest BCUT2D eigenvalue weighted by molar-refractivity contribution is 0.0934. The molecular weight excluding hydrogens is 152 g/mol. The molecule has 1 saturated heterocycles. The summed E-state index contributed by atoms with van der Waals surface area (Å²) in [5.74, 6) is 0. The first-order valence-corrected chi connectivity index (χ1v) is 4.88. The molecule has 0 bridgehead atoms. The van der Waals surface area contributed by atoms with Gasteiger partial charge in [-0.25, -0.2) is 0 Å². The molecule has 0 radical (unpaired) electrons. The predicted molar refractivity (Wildman–Crippen MR) is 49.9 cm³/mol. The van der Waals surface area contributed by atoms with Crippen LogP contribution in [0.1, 0.15) is 26.2 Å². The van der Waals surface area contributed by atoms with Gasteiger partial charge in [0, 0.05) is 19.1 Å². The summed E-state index contributed by atoms with van der Waals surface area (Å²) in [6.45, 7) is 4.86. The van der Waals surface area contributed by atoms with Gasteiger partial charge in [0.15, 0.2) is 0 Å². The van der Waals surface area contributed by atoms with Crippen LogP contribution in [0, 0.1) is 0 Å². The van der Waals surface area contributed by atoms with Crippen LogP contribution < -0.4 is 5.73 Å². The van der Waals surface area contributed by atoms with E-state index in [4.69, 9.17) is 5.73 Å². The molecule has 12 heavy (non-hydrogen) atoms. The van der Waals surface area contributed by atoms with E-state index < -0.39 is 0 Å². The number of aliphatic hydroxyl groups is 1. The van der Waals surface area contributed by atoms with Crippen LogP contribution in [0.5, 0.6) is 0 Å². The summed E-state index contributed by atoms with van der Waals surface area (Å²) in [5.41, 5.74) is 5.82. The molecule has 1 fully saturated rings. The number of rotatable bonds is 3. The van der Waals surface area contributed by atoms with E-state index in [9.17, 15) is 5.11 Å². The first-order valence-electron chi connectivity index (χ1n) is 4.88. The van der Waals surface area contributed by atoms with Crippen molar-refractivity contribution in [2.24, 2.45) is 5.73 Å². The maximum atomic E-state index is 9.41. The predicted octanol–water partition coefficient (Wildman–Crippen LogP) is 0.180. The zero-order valence-electron chi connectivity index (χ0n) is 7.87. The van der Waals surface area contributed by atoms with Gasteiger partial charge >= 0.3 is 0 Å². The number of likely N-dealkylation sites (tertiary alicyclic amines) is 1. The summed E-state index contributed by atoms with van der Waals surface area (Å²) in [4.78, 5) is 2.27. The quantitative estimate of drug-likeness (QED) is 0.638. The van der Waals surface area contributed by atoms with Gasteiger partial charge in [-0.2, -0.15) is 0 Å². The highest BCUT2D eigenvalue weighted by Gasteiger charge is 2.17. The van der Waals surface area contributed by atoms with Crippen LogP contribution in [0.4, 0.5) is 0 Å². The van der Waals surface area contributed by atoms with Crippen LogP contribution in [-0.2, 0) is 0 Å². The van der Waals surface area contributed by atoms with Crippen LogP contribution in [0.25, 0.3) is 0 Å². The molecule has 0 amide bonds. The largest absolute Gasteiger partial charge is 0.392 e. The molecule has 2 atom stereocenters. The Balaban J connectivity index is 2.22. The van der Waals surface area contributed by atoms with Crippen molar-refractivity contribution in [3.63, 3.8) is 0 Å². The van der Waals surface area contributed by atoms with Crippen molar-refractivity contribution in [1.82, 2.24) is 4.90 Å². The first kappa shape index (κ1) is 9.96.